The molecular formula is C16H21N5O3S. The Balaban J connectivity index is 1.31. The Morgan fingerprint density at radius 1 is 1.24 bits per heavy atom. The molecule has 1 aliphatic heterocycles. The third-order valence-electron chi connectivity index (χ3n) is 4.75. The number of aromatic nitrogens is 3. The van der Waals surface area contributed by atoms with Crippen LogP contribution in [0.5, 0.6) is 0 Å². The van der Waals surface area contributed by atoms with Crippen molar-refractivity contribution >= 4 is 15.8 Å². The fraction of sp³-hybridized carbons (Fsp3) is 0.562. The molecular weight excluding hydrogens is 342 g/mol. The molecule has 2 aromatic heterocycles. The number of hydrogen-bond acceptors (Lipinski definition) is 7. The summed E-state index contributed by atoms with van der Waals surface area (Å²) in [6.07, 6.45) is 2.43. The van der Waals surface area contributed by atoms with Crippen LogP contribution in [-0.4, -0.2) is 43.4 Å². The highest BCUT2D eigenvalue weighted by atomic mass is 32.2. The second kappa shape index (κ2) is 6.06. The molecule has 0 aromatic carbocycles. The topological polar surface area (TPSA) is 101 Å². The summed E-state index contributed by atoms with van der Waals surface area (Å²) in [6.45, 7) is 5.14. The highest BCUT2D eigenvalue weighted by Gasteiger charge is 2.31. The molecule has 2 fully saturated rings. The van der Waals surface area contributed by atoms with E-state index in [1.54, 1.807) is 13.8 Å². The van der Waals surface area contributed by atoms with E-state index in [9.17, 15) is 8.42 Å². The van der Waals surface area contributed by atoms with Crippen molar-refractivity contribution in [1.82, 2.24) is 20.1 Å². The van der Waals surface area contributed by atoms with E-state index in [-0.39, 0.29) is 10.8 Å². The molecule has 2 aromatic rings. The fourth-order valence-electron chi connectivity index (χ4n) is 3.15. The van der Waals surface area contributed by atoms with Gasteiger partial charge in [-0.3, -0.25) is 0 Å². The Kier molecular flexibility index (Phi) is 3.99. The number of anilines is 1. The van der Waals surface area contributed by atoms with Gasteiger partial charge >= 0.3 is 0 Å². The quantitative estimate of drug-likeness (QED) is 0.827. The molecule has 1 N–H and O–H groups in total. The standard InChI is InChI=1S/C16H21N5O3S/c1-10-16(11(2)24-20-10)25(22,23)17-7-12-8-21(9-12)15-6-5-14(18-19-15)13-3-4-13/h5-6,12-13,17H,3-4,7-9H2,1-2H3. The van der Waals surface area contributed by atoms with Gasteiger partial charge in [0.05, 0.1) is 5.69 Å². The second-order valence-electron chi connectivity index (χ2n) is 6.87. The Morgan fingerprint density at radius 2 is 2.00 bits per heavy atom. The SMILES string of the molecule is Cc1noc(C)c1S(=O)(=O)NCC1CN(c2ccc(C3CC3)nn2)C1. The van der Waals surface area contributed by atoms with Crippen molar-refractivity contribution in [2.45, 2.75) is 37.5 Å². The summed E-state index contributed by atoms with van der Waals surface area (Å²) < 4.78 is 32.4. The van der Waals surface area contributed by atoms with E-state index in [0.717, 1.165) is 24.6 Å². The van der Waals surface area contributed by atoms with Crippen LogP contribution in [0.25, 0.3) is 0 Å². The van der Waals surface area contributed by atoms with Gasteiger partial charge in [-0.25, -0.2) is 13.1 Å². The van der Waals surface area contributed by atoms with Crippen LogP contribution in [0.4, 0.5) is 5.82 Å². The molecule has 134 valence electrons. The van der Waals surface area contributed by atoms with Crippen molar-refractivity contribution in [2.24, 2.45) is 5.92 Å². The summed E-state index contributed by atoms with van der Waals surface area (Å²) in [5, 5.41) is 12.3. The highest BCUT2D eigenvalue weighted by Crippen LogP contribution is 2.39. The van der Waals surface area contributed by atoms with Crippen molar-refractivity contribution in [2.75, 3.05) is 24.5 Å². The molecule has 0 radical (unpaired) electrons. The van der Waals surface area contributed by atoms with Crippen molar-refractivity contribution in [3.05, 3.63) is 29.3 Å². The molecule has 1 aliphatic carbocycles. The van der Waals surface area contributed by atoms with E-state index in [4.69, 9.17) is 4.52 Å². The van der Waals surface area contributed by atoms with Gasteiger partial charge in [0.1, 0.15) is 10.6 Å². The smallest absolute Gasteiger partial charge is 0.245 e. The third-order valence-corrected chi connectivity index (χ3v) is 6.41. The van der Waals surface area contributed by atoms with Crippen LogP contribution in [0.15, 0.2) is 21.6 Å². The van der Waals surface area contributed by atoms with Gasteiger partial charge in [0, 0.05) is 31.5 Å². The van der Waals surface area contributed by atoms with E-state index >= 15 is 0 Å². The number of rotatable bonds is 6. The van der Waals surface area contributed by atoms with Crippen LogP contribution in [0.3, 0.4) is 0 Å². The molecule has 1 saturated heterocycles. The minimum atomic E-state index is -3.59. The van der Waals surface area contributed by atoms with Crippen LogP contribution in [0, 0.1) is 19.8 Å². The molecule has 0 spiro atoms. The van der Waals surface area contributed by atoms with Crippen molar-refractivity contribution in [3.63, 3.8) is 0 Å². The fourth-order valence-corrected chi connectivity index (χ4v) is 4.59. The molecule has 1 saturated carbocycles. The van der Waals surface area contributed by atoms with Crippen LogP contribution in [0.1, 0.15) is 35.9 Å². The van der Waals surface area contributed by atoms with Crippen LogP contribution < -0.4 is 9.62 Å². The van der Waals surface area contributed by atoms with Crippen molar-refractivity contribution in [1.29, 1.82) is 0 Å². The lowest BCUT2D eigenvalue weighted by atomic mass is 10.0. The predicted octanol–water partition coefficient (Wildman–Crippen LogP) is 1.37. The molecule has 0 atom stereocenters. The monoisotopic (exact) mass is 363 g/mol. The zero-order chi connectivity index (χ0) is 17.6. The number of nitrogens with one attached hydrogen (secondary N) is 1. The van der Waals surface area contributed by atoms with E-state index in [1.165, 1.54) is 12.8 Å². The van der Waals surface area contributed by atoms with Crippen LogP contribution in [0.2, 0.25) is 0 Å². The summed E-state index contributed by atoms with van der Waals surface area (Å²) in [4.78, 5) is 2.25. The first-order chi connectivity index (χ1) is 11.9. The van der Waals surface area contributed by atoms with Gasteiger partial charge in [0.2, 0.25) is 10.0 Å². The van der Waals surface area contributed by atoms with E-state index in [0.29, 0.717) is 23.9 Å². The number of hydrogen-bond donors (Lipinski definition) is 1. The predicted molar refractivity (Wildman–Crippen MR) is 90.9 cm³/mol. The summed E-state index contributed by atoms with van der Waals surface area (Å²) in [5.74, 6) is 2.02. The Bertz CT molecular complexity index is 848. The first-order valence-electron chi connectivity index (χ1n) is 8.45. The van der Waals surface area contributed by atoms with E-state index in [2.05, 4.69) is 25.0 Å². The molecule has 9 heteroatoms. The minimum absolute atomic E-state index is 0.144. The molecule has 0 unspecified atom stereocenters. The lowest BCUT2D eigenvalue weighted by Gasteiger charge is -2.39. The van der Waals surface area contributed by atoms with E-state index in [1.807, 2.05) is 12.1 Å². The molecule has 8 nitrogen and oxygen atoms in total. The van der Waals surface area contributed by atoms with E-state index < -0.39 is 10.0 Å². The summed E-state index contributed by atoms with van der Waals surface area (Å²) in [6, 6.07) is 4.05. The average molecular weight is 363 g/mol. The Hall–Kier alpha value is -2.00. The molecule has 4 rings (SSSR count). The van der Waals surface area contributed by atoms with Crippen molar-refractivity contribution < 1.29 is 12.9 Å². The lowest BCUT2D eigenvalue weighted by molar-refractivity contribution is 0.390. The van der Waals surface area contributed by atoms with Gasteiger partial charge < -0.3 is 9.42 Å². The number of sulfonamides is 1. The maximum absolute atomic E-state index is 12.4. The second-order valence-corrected chi connectivity index (χ2v) is 8.57. The maximum Gasteiger partial charge on any atom is 0.245 e. The zero-order valence-corrected chi connectivity index (χ0v) is 15.1. The lowest BCUT2D eigenvalue weighted by Crippen LogP contribution is -2.51. The highest BCUT2D eigenvalue weighted by molar-refractivity contribution is 7.89. The normalized spacial score (nSPS) is 18.4. The minimum Gasteiger partial charge on any atom is -0.360 e. The largest absolute Gasteiger partial charge is 0.360 e. The molecule has 25 heavy (non-hydrogen) atoms. The molecule has 0 amide bonds. The summed E-state index contributed by atoms with van der Waals surface area (Å²) in [5.41, 5.74) is 1.46. The number of nitrogens with zero attached hydrogens (tertiary/aromatic N) is 4. The summed E-state index contributed by atoms with van der Waals surface area (Å²) in [7, 11) is -3.59. The van der Waals surface area contributed by atoms with Gasteiger partial charge in [-0.2, -0.15) is 5.10 Å². The zero-order valence-electron chi connectivity index (χ0n) is 14.3. The molecule has 0 bridgehead atoms. The van der Waals surface area contributed by atoms with Crippen molar-refractivity contribution in [3.8, 4) is 0 Å². The Labute approximate surface area is 146 Å². The van der Waals surface area contributed by atoms with Crippen LogP contribution in [-0.2, 0) is 10.0 Å². The van der Waals surface area contributed by atoms with Gasteiger partial charge in [-0.15, -0.1) is 5.10 Å². The van der Waals surface area contributed by atoms with Crippen LogP contribution >= 0.6 is 0 Å². The third kappa shape index (κ3) is 3.25. The first-order valence-corrected chi connectivity index (χ1v) is 9.93. The van der Waals surface area contributed by atoms with Gasteiger partial charge in [0.15, 0.2) is 11.6 Å². The molecule has 2 aliphatic rings. The Morgan fingerprint density at radius 3 is 2.56 bits per heavy atom. The average Bonchev–Trinajstić information content (AvgIpc) is 3.31. The number of aryl methyl sites for hydroxylation is 2. The molecule has 3 heterocycles. The van der Waals surface area contributed by atoms with Gasteiger partial charge in [-0.1, -0.05) is 5.16 Å². The van der Waals surface area contributed by atoms with Gasteiger partial charge in [0.25, 0.3) is 0 Å². The first kappa shape index (κ1) is 16.5. The summed E-state index contributed by atoms with van der Waals surface area (Å²) >= 11 is 0. The maximum atomic E-state index is 12.4. The van der Waals surface area contributed by atoms with Gasteiger partial charge in [-0.05, 0) is 38.8 Å².